The fourth-order valence-corrected chi connectivity index (χ4v) is 2.94. The Morgan fingerprint density at radius 2 is 1.84 bits per heavy atom. The van der Waals surface area contributed by atoms with E-state index in [1.54, 1.807) is 0 Å². The van der Waals surface area contributed by atoms with Crippen LogP contribution in [0.2, 0.25) is 0 Å². The number of guanidine groups is 1. The highest BCUT2D eigenvalue weighted by Gasteiger charge is 2.19. The Morgan fingerprint density at radius 3 is 2.36 bits per heavy atom. The molecule has 5 nitrogen and oxygen atoms in total. The van der Waals surface area contributed by atoms with E-state index < -0.39 is 0 Å². The van der Waals surface area contributed by atoms with Crippen molar-refractivity contribution in [2.24, 2.45) is 10.9 Å². The largest absolute Gasteiger partial charge is 0.357 e. The molecule has 1 aromatic rings. The lowest BCUT2D eigenvalue weighted by molar-refractivity contribution is 0.164. The molecule has 1 fully saturated rings. The van der Waals surface area contributed by atoms with E-state index in [1.165, 1.54) is 6.54 Å². The number of piperazine rings is 1. The highest BCUT2D eigenvalue weighted by Crippen LogP contribution is 2.08. The zero-order valence-electron chi connectivity index (χ0n) is 15.5. The smallest absolute Gasteiger partial charge is 0.194 e. The number of nitrogens with zero attached hydrogens (tertiary/aromatic N) is 4. The fraction of sp³-hybridized carbons (Fsp3) is 0.579. The molecule has 0 aliphatic carbocycles. The number of hydrogen-bond acceptors (Lipinski definition) is 3. The van der Waals surface area contributed by atoms with Gasteiger partial charge in [-0.05, 0) is 30.5 Å². The minimum atomic E-state index is 0. The van der Waals surface area contributed by atoms with E-state index in [1.807, 2.05) is 24.3 Å². The summed E-state index contributed by atoms with van der Waals surface area (Å²) in [5.74, 6) is 1.71. The Balaban J connectivity index is 0.00000312. The Kier molecular flexibility index (Phi) is 9.83. The fourth-order valence-electron chi connectivity index (χ4n) is 2.94. The van der Waals surface area contributed by atoms with E-state index >= 15 is 0 Å². The molecular formula is C19H30IN5. The van der Waals surface area contributed by atoms with Gasteiger partial charge in [0, 0.05) is 39.3 Å². The topological polar surface area (TPSA) is 54.7 Å². The highest BCUT2D eigenvalue weighted by molar-refractivity contribution is 14.0. The molecule has 1 heterocycles. The molecule has 0 spiro atoms. The number of halogens is 1. The van der Waals surface area contributed by atoms with Gasteiger partial charge in [0.2, 0.25) is 0 Å². The molecule has 0 radical (unpaired) electrons. The van der Waals surface area contributed by atoms with E-state index in [9.17, 15) is 0 Å². The third-order valence-electron chi connectivity index (χ3n) is 4.12. The van der Waals surface area contributed by atoms with Crippen LogP contribution in [0.1, 0.15) is 31.9 Å². The maximum atomic E-state index is 8.86. The van der Waals surface area contributed by atoms with Gasteiger partial charge in [-0.3, -0.25) is 4.90 Å². The molecule has 1 saturated heterocycles. The number of nitrogens with one attached hydrogen (secondary N) is 1. The van der Waals surface area contributed by atoms with Crippen molar-refractivity contribution in [3.8, 4) is 6.07 Å². The molecule has 1 aliphatic rings. The molecule has 0 aromatic heterocycles. The first-order chi connectivity index (χ1) is 11.6. The normalized spacial score (nSPS) is 15.6. The summed E-state index contributed by atoms with van der Waals surface area (Å²) in [6.45, 7) is 13.6. The molecule has 0 unspecified atom stereocenters. The van der Waals surface area contributed by atoms with Gasteiger partial charge in [0.05, 0.1) is 18.2 Å². The van der Waals surface area contributed by atoms with Crippen LogP contribution < -0.4 is 5.32 Å². The van der Waals surface area contributed by atoms with Crippen molar-refractivity contribution in [3.05, 3.63) is 35.4 Å². The second-order valence-corrected chi connectivity index (χ2v) is 6.66. The molecule has 2 rings (SSSR count). The van der Waals surface area contributed by atoms with Crippen molar-refractivity contribution in [2.45, 2.75) is 27.3 Å². The van der Waals surface area contributed by atoms with Gasteiger partial charge in [-0.2, -0.15) is 5.26 Å². The molecule has 0 bridgehead atoms. The average molecular weight is 455 g/mol. The third kappa shape index (κ3) is 7.20. The molecule has 25 heavy (non-hydrogen) atoms. The van der Waals surface area contributed by atoms with E-state index in [4.69, 9.17) is 10.3 Å². The molecule has 0 saturated carbocycles. The van der Waals surface area contributed by atoms with Crippen LogP contribution in [-0.4, -0.2) is 55.0 Å². The second kappa shape index (κ2) is 11.3. The number of aliphatic imine (C=N–C) groups is 1. The highest BCUT2D eigenvalue weighted by atomic mass is 127. The van der Waals surface area contributed by atoms with E-state index in [2.05, 4.69) is 42.0 Å². The summed E-state index contributed by atoms with van der Waals surface area (Å²) < 4.78 is 0. The zero-order valence-corrected chi connectivity index (χ0v) is 17.9. The average Bonchev–Trinajstić information content (AvgIpc) is 2.59. The Morgan fingerprint density at radius 1 is 1.20 bits per heavy atom. The van der Waals surface area contributed by atoms with Crippen LogP contribution in [0.15, 0.2) is 29.3 Å². The molecule has 1 aromatic carbocycles. The standard InChI is InChI=1S/C19H29N5.HI/c1-4-21-19(22-14-18-7-5-17(13-20)6-8-18)24-11-9-23(10-12-24)15-16(2)3;/h5-8,16H,4,9-12,14-15H2,1-3H3,(H,21,22);1H. The Bertz CT molecular complexity index is 568. The first-order valence-electron chi connectivity index (χ1n) is 8.87. The van der Waals surface area contributed by atoms with Crippen LogP contribution in [0.3, 0.4) is 0 Å². The molecule has 0 atom stereocenters. The molecule has 1 N–H and O–H groups in total. The summed E-state index contributed by atoms with van der Waals surface area (Å²) in [6, 6.07) is 9.80. The SMILES string of the molecule is CCNC(=NCc1ccc(C#N)cc1)N1CCN(CC(C)C)CC1.I. The zero-order chi connectivity index (χ0) is 17.4. The van der Waals surface area contributed by atoms with Crippen LogP contribution in [0.4, 0.5) is 0 Å². The van der Waals surface area contributed by atoms with Crippen LogP contribution in [0.25, 0.3) is 0 Å². The maximum Gasteiger partial charge on any atom is 0.194 e. The van der Waals surface area contributed by atoms with Crippen LogP contribution in [-0.2, 0) is 6.54 Å². The summed E-state index contributed by atoms with van der Waals surface area (Å²) in [5.41, 5.74) is 1.82. The van der Waals surface area contributed by atoms with Crippen LogP contribution in [0.5, 0.6) is 0 Å². The molecule has 138 valence electrons. The Labute approximate surface area is 169 Å². The third-order valence-corrected chi connectivity index (χ3v) is 4.12. The lowest BCUT2D eigenvalue weighted by atomic mass is 10.1. The Hall–Kier alpha value is -1.33. The second-order valence-electron chi connectivity index (χ2n) is 6.66. The predicted octanol–water partition coefficient (Wildman–Crippen LogP) is 2.92. The van der Waals surface area contributed by atoms with E-state index in [0.717, 1.165) is 50.2 Å². The van der Waals surface area contributed by atoms with Gasteiger partial charge in [-0.1, -0.05) is 26.0 Å². The van der Waals surface area contributed by atoms with Crippen molar-refractivity contribution >= 4 is 29.9 Å². The minimum absolute atomic E-state index is 0. The lowest BCUT2D eigenvalue weighted by Crippen LogP contribution is -2.53. The van der Waals surface area contributed by atoms with E-state index in [0.29, 0.717) is 12.1 Å². The van der Waals surface area contributed by atoms with Crippen molar-refractivity contribution in [1.82, 2.24) is 15.1 Å². The van der Waals surface area contributed by atoms with Crippen LogP contribution >= 0.6 is 24.0 Å². The molecule has 6 heteroatoms. The summed E-state index contributed by atoms with van der Waals surface area (Å²) in [5, 5.41) is 12.3. The minimum Gasteiger partial charge on any atom is -0.357 e. The number of benzene rings is 1. The predicted molar refractivity (Wildman–Crippen MR) is 114 cm³/mol. The monoisotopic (exact) mass is 455 g/mol. The summed E-state index contributed by atoms with van der Waals surface area (Å²) in [6.07, 6.45) is 0. The van der Waals surface area contributed by atoms with Gasteiger partial charge in [0.1, 0.15) is 0 Å². The van der Waals surface area contributed by atoms with Gasteiger partial charge in [0.25, 0.3) is 0 Å². The number of nitriles is 1. The van der Waals surface area contributed by atoms with Crippen molar-refractivity contribution < 1.29 is 0 Å². The summed E-state index contributed by atoms with van der Waals surface area (Å²) in [7, 11) is 0. The summed E-state index contributed by atoms with van der Waals surface area (Å²) in [4.78, 5) is 9.66. The van der Waals surface area contributed by atoms with Gasteiger partial charge in [-0.15, -0.1) is 24.0 Å². The van der Waals surface area contributed by atoms with Gasteiger partial charge in [-0.25, -0.2) is 4.99 Å². The van der Waals surface area contributed by atoms with Gasteiger partial charge >= 0.3 is 0 Å². The number of hydrogen-bond donors (Lipinski definition) is 1. The van der Waals surface area contributed by atoms with E-state index in [-0.39, 0.29) is 24.0 Å². The van der Waals surface area contributed by atoms with Gasteiger partial charge < -0.3 is 10.2 Å². The number of rotatable bonds is 5. The lowest BCUT2D eigenvalue weighted by Gasteiger charge is -2.37. The molecular weight excluding hydrogens is 425 g/mol. The van der Waals surface area contributed by atoms with Crippen molar-refractivity contribution in [1.29, 1.82) is 5.26 Å². The van der Waals surface area contributed by atoms with Crippen molar-refractivity contribution in [3.63, 3.8) is 0 Å². The van der Waals surface area contributed by atoms with Gasteiger partial charge in [0.15, 0.2) is 5.96 Å². The quantitative estimate of drug-likeness (QED) is 0.422. The van der Waals surface area contributed by atoms with Crippen molar-refractivity contribution in [2.75, 3.05) is 39.3 Å². The van der Waals surface area contributed by atoms with Crippen LogP contribution in [0, 0.1) is 17.2 Å². The summed E-state index contributed by atoms with van der Waals surface area (Å²) >= 11 is 0. The molecule has 1 aliphatic heterocycles. The first kappa shape index (κ1) is 21.7. The first-order valence-corrected chi connectivity index (χ1v) is 8.87. The maximum absolute atomic E-state index is 8.86. The molecule has 0 amide bonds.